The van der Waals surface area contributed by atoms with Gasteiger partial charge in [-0.3, -0.25) is 14.3 Å². The SMILES string of the molecule is CCO[C@@H]1C[C@@H](c2nc(C(=O)OC)c(OC(=O)c3ccccc3)c(=O)n2C)N(C(=O)OCc2ccccc2)C1. The first-order valence-electron chi connectivity index (χ1n) is 12.4. The molecule has 1 fully saturated rings. The van der Waals surface area contributed by atoms with E-state index in [1.165, 1.54) is 24.1 Å². The van der Waals surface area contributed by atoms with Crippen LogP contribution in [0.25, 0.3) is 0 Å². The Kier molecular flexibility index (Phi) is 8.72. The van der Waals surface area contributed by atoms with Crippen molar-refractivity contribution >= 4 is 18.0 Å². The Morgan fingerprint density at radius 1 is 1.00 bits per heavy atom. The molecule has 4 rings (SSSR count). The van der Waals surface area contributed by atoms with Crippen LogP contribution in [0, 0.1) is 0 Å². The number of hydrogen-bond donors (Lipinski definition) is 0. The number of carbonyl (C=O) groups excluding carboxylic acids is 3. The summed E-state index contributed by atoms with van der Waals surface area (Å²) in [7, 11) is 2.55. The van der Waals surface area contributed by atoms with Crippen molar-refractivity contribution in [3.05, 3.63) is 93.7 Å². The molecule has 0 spiro atoms. The van der Waals surface area contributed by atoms with Crippen LogP contribution in [0.4, 0.5) is 4.79 Å². The molecule has 2 aromatic carbocycles. The second-order valence-corrected chi connectivity index (χ2v) is 8.78. The molecule has 2 atom stereocenters. The molecule has 2 heterocycles. The Morgan fingerprint density at radius 2 is 1.67 bits per heavy atom. The number of rotatable bonds is 8. The van der Waals surface area contributed by atoms with Gasteiger partial charge in [-0.05, 0) is 24.6 Å². The van der Waals surface area contributed by atoms with Gasteiger partial charge < -0.3 is 18.9 Å². The second kappa shape index (κ2) is 12.4. The van der Waals surface area contributed by atoms with E-state index in [0.29, 0.717) is 13.0 Å². The van der Waals surface area contributed by atoms with Gasteiger partial charge >= 0.3 is 18.0 Å². The fourth-order valence-electron chi connectivity index (χ4n) is 4.35. The summed E-state index contributed by atoms with van der Waals surface area (Å²) in [5.41, 5.74) is -0.271. The van der Waals surface area contributed by atoms with Gasteiger partial charge in [0.25, 0.3) is 5.56 Å². The van der Waals surface area contributed by atoms with Crippen molar-refractivity contribution in [1.82, 2.24) is 14.5 Å². The van der Waals surface area contributed by atoms with E-state index < -0.39 is 41.1 Å². The van der Waals surface area contributed by atoms with Gasteiger partial charge in [0.15, 0.2) is 5.69 Å². The first-order chi connectivity index (χ1) is 18.8. The van der Waals surface area contributed by atoms with Crippen molar-refractivity contribution in [3.8, 4) is 5.75 Å². The first-order valence-corrected chi connectivity index (χ1v) is 12.4. The average Bonchev–Trinajstić information content (AvgIpc) is 3.38. The number of amides is 1. The maximum absolute atomic E-state index is 13.4. The third kappa shape index (κ3) is 6.15. The normalized spacial score (nSPS) is 16.5. The van der Waals surface area contributed by atoms with Crippen LogP contribution in [-0.4, -0.2) is 58.8 Å². The molecule has 0 radical (unpaired) electrons. The third-order valence-corrected chi connectivity index (χ3v) is 6.27. The summed E-state index contributed by atoms with van der Waals surface area (Å²) in [6.07, 6.45) is -0.670. The number of carbonyl (C=O) groups is 3. The summed E-state index contributed by atoms with van der Waals surface area (Å²) >= 11 is 0. The third-order valence-electron chi connectivity index (χ3n) is 6.27. The summed E-state index contributed by atoms with van der Waals surface area (Å²) in [6, 6.07) is 16.5. The van der Waals surface area contributed by atoms with Gasteiger partial charge in [-0.15, -0.1) is 0 Å². The number of likely N-dealkylation sites (tertiary alicyclic amines) is 1. The minimum absolute atomic E-state index is 0.0519. The lowest BCUT2D eigenvalue weighted by atomic mass is 10.1. The maximum atomic E-state index is 13.4. The minimum atomic E-state index is -0.970. The molecule has 39 heavy (non-hydrogen) atoms. The highest BCUT2D eigenvalue weighted by Gasteiger charge is 2.41. The Labute approximate surface area is 224 Å². The van der Waals surface area contributed by atoms with Crippen molar-refractivity contribution in [1.29, 1.82) is 0 Å². The van der Waals surface area contributed by atoms with E-state index in [4.69, 9.17) is 18.9 Å². The topological polar surface area (TPSA) is 126 Å². The number of benzene rings is 2. The molecular formula is C28H29N3O8. The predicted octanol–water partition coefficient (Wildman–Crippen LogP) is 3.27. The Bertz CT molecular complexity index is 1390. The highest BCUT2D eigenvalue weighted by molar-refractivity contribution is 5.94. The van der Waals surface area contributed by atoms with Crippen LogP contribution in [0.1, 0.15) is 51.6 Å². The van der Waals surface area contributed by atoms with E-state index in [1.54, 1.807) is 18.2 Å². The zero-order chi connectivity index (χ0) is 27.9. The van der Waals surface area contributed by atoms with Gasteiger partial charge in [0, 0.05) is 20.1 Å². The van der Waals surface area contributed by atoms with Crippen molar-refractivity contribution in [2.45, 2.75) is 32.1 Å². The lowest BCUT2D eigenvalue weighted by Crippen LogP contribution is -2.37. The van der Waals surface area contributed by atoms with E-state index in [2.05, 4.69) is 4.98 Å². The molecule has 204 valence electrons. The highest BCUT2D eigenvalue weighted by atomic mass is 16.6. The average molecular weight is 536 g/mol. The number of aromatic nitrogens is 2. The Morgan fingerprint density at radius 3 is 2.31 bits per heavy atom. The monoisotopic (exact) mass is 535 g/mol. The van der Waals surface area contributed by atoms with Crippen molar-refractivity contribution in [2.24, 2.45) is 7.05 Å². The zero-order valence-corrected chi connectivity index (χ0v) is 21.9. The molecular weight excluding hydrogens is 506 g/mol. The maximum Gasteiger partial charge on any atom is 0.410 e. The molecule has 0 aliphatic carbocycles. The van der Waals surface area contributed by atoms with Gasteiger partial charge in [0.1, 0.15) is 12.4 Å². The molecule has 0 bridgehead atoms. The van der Waals surface area contributed by atoms with Crippen LogP contribution in [0.3, 0.4) is 0 Å². The Hall–Kier alpha value is -4.51. The summed E-state index contributed by atoms with van der Waals surface area (Å²) in [5.74, 6) is -2.28. The molecule has 1 saturated heterocycles. The largest absolute Gasteiger partial charge is 0.464 e. The number of ether oxygens (including phenoxy) is 4. The van der Waals surface area contributed by atoms with Crippen molar-refractivity contribution < 1.29 is 33.3 Å². The van der Waals surface area contributed by atoms with Crippen LogP contribution < -0.4 is 10.3 Å². The van der Waals surface area contributed by atoms with Crippen molar-refractivity contribution in [2.75, 3.05) is 20.3 Å². The highest BCUT2D eigenvalue weighted by Crippen LogP contribution is 2.34. The van der Waals surface area contributed by atoms with Crippen molar-refractivity contribution in [3.63, 3.8) is 0 Å². The molecule has 0 saturated carbocycles. The van der Waals surface area contributed by atoms with Crippen LogP contribution in [0.5, 0.6) is 5.75 Å². The molecule has 11 heteroatoms. The van der Waals surface area contributed by atoms with Crippen LogP contribution in [-0.2, 0) is 27.9 Å². The van der Waals surface area contributed by atoms with E-state index in [-0.39, 0.29) is 30.6 Å². The lowest BCUT2D eigenvalue weighted by molar-refractivity contribution is 0.0582. The summed E-state index contributed by atoms with van der Waals surface area (Å²) in [5, 5.41) is 0. The molecule has 1 aliphatic heterocycles. The smallest absolute Gasteiger partial charge is 0.410 e. The van der Waals surface area contributed by atoms with Crippen LogP contribution >= 0.6 is 0 Å². The molecule has 3 aromatic rings. The summed E-state index contributed by atoms with van der Waals surface area (Å²) < 4.78 is 22.6. The molecule has 1 aromatic heterocycles. The van der Waals surface area contributed by atoms with E-state index >= 15 is 0 Å². The van der Waals surface area contributed by atoms with Gasteiger partial charge in [0.05, 0.1) is 31.4 Å². The second-order valence-electron chi connectivity index (χ2n) is 8.78. The fourth-order valence-corrected chi connectivity index (χ4v) is 4.35. The summed E-state index contributed by atoms with van der Waals surface area (Å²) in [6.45, 7) is 2.50. The number of esters is 2. The van der Waals surface area contributed by atoms with E-state index in [1.807, 2.05) is 37.3 Å². The minimum Gasteiger partial charge on any atom is -0.464 e. The Balaban J connectivity index is 1.69. The molecule has 0 N–H and O–H groups in total. The van der Waals surface area contributed by atoms with Gasteiger partial charge in [-0.25, -0.2) is 19.4 Å². The number of hydrogen-bond acceptors (Lipinski definition) is 9. The van der Waals surface area contributed by atoms with Gasteiger partial charge in [-0.1, -0.05) is 48.5 Å². The molecule has 11 nitrogen and oxygen atoms in total. The standard InChI is InChI=1S/C28H29N3O8/c1-4-37-20-15-21(31(16-20)28(35)38-17-18-11-7-5-8-12-18)24-29-22(27(34)36-3)23(25(32)30(24)2)39-26(33)19-13-9-6-10-14-19/h5-14,20-21H,4,15-17H2,1-3H3/t20-,21+/m1/s1. The fraction of sp³-hybridized carbons (Fsp3) is 0.321. The molecule has 1 amide bonds. The van der Waals surface area contributed by atoms with Gasteiger partial charge in [0.2, 0.25) is 5.75 Å². The summed E-state index contributed by atoms with van der Waals surface area (Å²) in [4.78, 5) is 57.7. The van der Waals surface area contributed by atoms with Crippen LogP contribution in [0.2, 0.25) is 0 Å². The zero-order valence-electron chi connectivity index (χ0n) is 21.9. The predicted molar refractivity (Wildman–Crippen MR) is 138 cm³/mol. The number of nitrogens with zero attached hydrogens (tertiary/aromatic N) is 3. The quantitative estimate of drug-likeness (QED) is 0.399. The van der Waals surface area contributed by atoms with Crippen LogP contribution in [0.15, 0.2) is 65.5 Å². The number of methoxy groups -OCH3 is 1. The van der Waals surface area contributed by atoms with E-state index in [0.717, 1.165) is 17.2 Å². The molecule has 1 aliphatic rings. The lowest BCUT2D eigenvalue weighted by Gasteiger charge is -2.25. The molecule has 0 unspecified atom stereocenters. The van der Waals surface area contributed by atoms with E-state index in [9.17, 15) is 19.2 Å². The van der Waals surface area contributed by atoms with Gasteiger partial charge in [-0.2, -0.15) is 0 Å². The first kappa shape index (κ1) is 27.5.